The van der Waals surface area contributed by atoms with E-state index in [9.17, 15) is 0 Å². The molecule has 0 bridgehead atoms. The van der Waals surface area contributed by atoms with E-state index >= 15 is 0 Å². The molecule has 0 aliphatic heterocycles. The first-order valence-electron chi connectivity index (χ1n) is 4.53. The maximum absolute atomic E-state index is 3.54. The SMILES string of the molecule is C/C=C/CNC(C)(C)C1CC1. The second-order valence-corrected chi connectivity index (χ2v) is 3.95. The summed E-state index contributed by atoms with van der Waals surface area (Å²) in [5, 5.41) is 3.54. The minimum Gasteiger partial charge on any atom is -0.308 e. The maximum atomic E-state index is 3.54. The van der Waals surface area contributed by atoms with Crippen LogP contribution in [0.5, 0.6) is 0 Å². The fourth-order valence-corrected chi connectivity index (χ4v) is 1.39. The van der Waals surface area contributed by atoms with Gasteiger partial charge in [-0.3, -0.25) is 0 Å². The number of rotatable bonds is 4. The molecule has 1 fully saturated rings. The Balaban J connectivity index is 2.22. The zero-order valence-electron chi connectivity index (χ0n) is 7.85. The molecule has 1 heteroatoms. The van der Waals surface area contributed by atoms with Gasteiger partial charge in [0.25, 0.3) is 0 Å². The molecule has 0 heterocycles. The van der Waals surface area contributed by atoms with E-state index in [4.69, 9.17) is 0 Å². The van der Waals surface area contributed by atoms with Crippen LogP contribution in [0, 0.1) is 5.92 Å². The fraction of sp³-hybridized carbons (Fsp3) is 0.800. The quantitative estimate of drug-likeness (QED) is 0.611. The topological polar surface area (TPSA) is 12.0 Å². The van der Waals surface area contributed by atoms with Gasteiger partial charge in [0.05, 0.1) is 0 Å². The molecule has 0 aromatic rings. The molecule has 1 saturated carbocycles. The van der Waals surface area contributed by atoms with Crippen LogP contribution in [0.2, 0.25) is 0 Å². The largest absolute Gasteiger partial charge is 0.308 e. The second kappa shape index (κ2) is 3.40. The highest BCUT2D eigenvalue weighted by atomic mass is 15.0. The summed E-state index contributed by atoms with van der Waals surface area (Å²) < 4.78 is 0. The smallest absolute Gasteiger partial charge is 0.0156 e. The Labute approximate surface area is 69.9 Å². The van der Waals surface area contributed by atoms with Gasteiger partial charge in [0.15, 0.2) is 0 Å². The van der Waals surface area contributed by atoms with Gasteiger partial charge in [0.1, 0.15) is 0 Å². The van der Waals surface area contributed by atoms with Gasteiger partial charge in [-0.2, -0.15) is 0 Å². The molecule has 1 aliphatic rings. The van der Waals surface area contributed by atoms with E-state index in [1.165, 1.54) is 12.8 Å². The van der Waals surface area contributed by atoms with Crippen molar-refractivity contribution in [1.82, 2.24) is 5.32 Å². The predicted octanol–water partition coefficient (Wildman–Crippen LogP) is 2.34. The lowest BCUT2D eigenvalue weighted by Gasteiger charge is -2.25. The summed E-state index contributed by atoms with van der Waals surface area (Å²) in [7, 11) is 0. The average molecular weight is 153 g/mol. The highest BCUT2D eigenvalue weighted by molar-refractivity contribution is 4.96. The van der Waals surface area contributed by atoms with Crippen molar-refractivity contribution in [2.45, 2.75) is 39.2 Å². The highest BCUT2D eigenvalue weighted by Crippen LogP contribution is 2.38. The Kier molecular flexibility index (Phi) is 2.72. The fourth-order valence-electron chi connectivity index (χ4n) is 1.39. The first-order valence-corrected chi connectivity index (χ1v) is 4.53. The third kappa shape index (κ3) is 2.66. The zero-order chi connectivity index (χ0) is 8.32. The van der Waals surface area contributed by atoms with E-state index in [0.29, 0.717) is 5.54 Å². The monoisotopic (exact) mass is 153 g/mol. The summed E-state index contributed by atoms with van der Waals surface area (Å²) in [5.74, 6) is 0.924. The maximum Gasteiger partial charge on any atom is 0.0156 e. The van der Waals surface area contributed by atoms with Gasteiger partial charge >= 0.3 is 0 Å². The van der Waals surface area contributed by atoms with Crippen LogP contribution in [0.15, 0.2) is 12.2 Å². The van der Waals surface area contributed by atoms with Gasteiger partial charge in [-0.1, -0.05) is 12.2 Å². The Hall–Kier alpha value is -0.300. The van der Waals surface area contributed by atoms with Gasteiger partial charge < -0.3 is 5.32 Å². The number of nitrogens with one attached hydrogen (secondary N) is 1. The lowest BCUT2D eigenvalue weighted by atomic mass is 9.99. The van der Waals surface area contributed by atoms with E-state index in [1.54, 1.807) is 0 Å². The standard InChI is InChI=1S/C10H19N/c1-4-5-8-11-10(2,3)9-6-7-9/h4-5,9,11H,6-8H2,1-3H3/b5-4+. The van der Waals surface area contributed by atoms with Crippen molar-refractivity contribution in [1.29, 1.82) is 0 Å². The molecule has 1 aliphatic carbocycles. The summed E-state index contributed by atoms with van der Waals surface area (Å²) in [6.45, 7) is 7.67. The van der Waals surface area contributed by atoms with Crippen molar-refractivity contribution in [3.8, 4) is 0 Å². The Bertz CT molecular complexity index is 143. The molecule has 1 N–H and O–H groups in total. The third-order valence-corrected chi connectivity index (χ3v) is 2.51. The van der Waals surface area contributed by atoms with Crippen molar-refractivity contribution in [2.75, 3.05) is 6.54 Å². The lowest BCUT2D eigenvalue weighted by Crippen LogP contribution is -2.41. The molecule has 11 heavy (non-hydrogen) atoms. The molecule has 0 atom stereocenters. The molecule has 0 aromatic heterocycles. The molecule has 0 unspecified atom stereocenters. The molecule has 0 amide bonds. The highest BCUT2D eigenvalue weighted by Gasteiger charge is 2.36. The third-order valence-electron chi connectivity index (χ3n) is 2.51. The zero-order valence-corrected chi connectivity index (χ0v) is 7.85. The van der Waals surface area contributed by atoms with E-state index < -0.39 is 0 Å². The van der Waals surface area contributed by atoms with Crippen LogP contribution < -0.4 is 5.32 Å². The molecular formula is C10H19N. The molecule has 0 saturated heterocycles. The van der Waals surface area contributed by atoms with Crippen LogP contribution in [-0.2, 0) is 0 Å². The number of hydrogen-bond donors (Lipinski definition) is 1. The van der Waals surface area contributed by atoms with Crippen LogP contribution in [0.25, 0.3) is 0 Å². The van der Waals surface area contributed by atoms with E-state index in [2.05, 4.69) is 38.2 Å². The second-order valence-electron chi connectivity index (χ2n) is 3.95. The molecule has 0 spiro atoms. The Morgan fingerprint density at radius 1 is 1.45 bits per heavy atom. The van der Waals surface area contributed by atoms with Crippen molar-refractivity contribution in [3.63, 3.8) is 0 Å². The van der Waals surface area contributed by atoms with Crippen molar-refractivity contribution in [3.05, 3.63) is 12.2 Å². The van der Waals surface area contributed by atoms with Crippen molar-refractivity contribution >= 4 is 0 Å². The van der Waals surface area contributed by atoms with Gasteiger partial charge in [0.2, 0.25) is 0 Å². The Morgan fingerprint density at radius 3 is 2.55 bits per heavy atom. The van der Waals surface area contributed by atoms with Gasteiger partial charge in [0, 0.05) is 12.1 Å². The normalized spacial score (nSPS) is 19.5. The van der Waals surface area contributed by atoms with E-state index in [-0.39, 0.29) is 0 Å². The summed E-state index contributed by atoms with van der Waals surface area (Å²) in [5.41, 5.74) is 0.361. The van der Waals surface area contributed by atoms with Crippen molar-refractivity contribution in [2.24, 2.45) is 5.92 Å². The predicted molar refractivity (Wildman–Crippen MR) is 49.6 cm³/mol. The van der Waals surface area contributed by atoms with Crippen molar-refractivity contribution < 1.29 is 0 Å². The first-order chi connectivity index (χ1) is 5.17. The molecule has 1 rings (SSSR count). The van der Waals surface area contributed by atoms with E-state index in [0.717, 1.165) is 12.5 Å². The van der Waals surface area contributed by atoms with Crippen LogP contribution in [-0.4, -0.2) is 12.1 Å². The lowest BCUT2D eigenvalue weighted by molar-refractivity contribution is 0.357. The van der Waals surface area contributed by atoms with Gasteiger partial charge in [-0.15, -0.1) is 0 Å². The summed E-state index contributed by atoms with van der Waals surface area (Å²) >= 11 is 0. The first kappa shape index (κ1) is 8.79. The average Bonchev–Trinajstić information content (AvgIpc) is 2.68. The summed E-state index contributed by atoms with van der Waals surface area (Å²) in [6, 6.07) is 0. The molecular weight excluding hydrogens is 134 g/mol. The van der Waals surface area contributed by atoms with Gasteiger partial charge in [-0.25, -0.2) is 0 Å². The van der Waals surface area contributed by atoms with Gasteiger partial charge in [-0.05, 0) is 39.5 Å². The number of allylic oxidation sites excluding steroid dienone is 1. The Morgan fingerprint density at radius 2 is 2.09 bits per heavy atom. The minimum absolute atomic E-state index is 0.361. The van der Waals surface area contributed by atoms with Crippen LogP contribution in [0.3, 0.4) is 0 Å². The number of hydrogen-bond acceptors (Lipinski definition) is 1. The summed E-state index contributed by atoms with van der Waals surface area (Å²) in [6.07, 6.45) is 7.09. The van der Waals surface area contributed by atoms with Crippen LogP contribution in [0.1, 0.15) is 33.6 Å². The van der Waals surface area contributed by atoms with E-state index in [1.807, 2.05) is 0 Å². The molecule has 64 valence electrons. The van der Waals surface area contributed by atoms with Crippen LogP contribution >= 0.6 is 0 Å². The molecule has 1 nitrogen and oxygen atoms in total. The minimum atomic E-state index is 0.361. The molecule has 0 radical (unpaired) electrons. The summed E-state index contributed by atoms with van der Waals surface area (Å²) in [4.78, 5) is 0. The molecule has 0 aromatic carbocycles. The van der Waals surface area contributed by atoms with Crippen LogP contribution in [0.4, 0.5) is 0 Å².